The van der Waals surface area contributed by atoms with E-state index in [-0.39, 0.29) is 22.2 Å². The van der Waals surface area contributed by atoms with Gasteiger partial charge in [0.05, 0.1) is 5.60 Å². The average molecular weight is 304 g/mol. The van der Waals surface area contributed by atoms with Crippen LogP contribution in [0.5, 0.6) is 0 Å². The van der Waals surface area contributed by atoms with E-state index in [1.165, 1.54) is 19.3 Å². The van der Waals surface area contributed by atoms with Crippen molar-refractivity contribution in [2.45, 2.75) is 85.2 Å². The highest BCUT2D eigenvalue weighted by atomic mass is 16.3. The van der Waals surface area contributed by atoms with Crippen LogP contribution in [0.25, 0.3) is 0 Å². The number of rotatable bonds is 2. The van der Waals surface area contributed by atoms with Crippen molar-refractivity contribution in [1.29, 1.82) is 0 Å². The molecule has 0 bridgehead atoms. The molecule has 0 aromatic heterocycles. The lowest BCUT2D eigenvalue weighted by Gasteiger charge is -2.52. The van der Waals surface area contributed by atoms with E-state index < -0.39 is 5.60 Å². The molecule has 124 valence electrons. The van der Waals surface area contributed by atoms with Gasteiger partial charge in [-0.05, 0) is 60.7 Å². The Hall–Kier alpha value is -0.370. The topological polar surface area (TPSA) is 37.3 Å². The third kappa shape index (κ3) is 1.22. The molecule has 2 heteroatoms. The molecular formula is C20H32O2. The zero-order chi connectivity index (χ0) is 16.2. The van der Waals surface area contributed by atoms with Crippen LogP contribution in [-0.2, 0) is 4.79 Å². The Bertz CT molecular complexity index is 552. The summed E-state index contributed by atoms with van der Waals surface area (Å²) in [6.07, 6.45) is 7.12. The van der Waals surface area contributed by atoms with Crippen molar-refractivity contribution in [3.05, 3.63) is 0 Å². The van der Waals surface area contributed by atoms with Gasteiger partial charge in [0.15, 0.2) is 0 Å². The van der Waals surface area contributed by atoms with Crippen molar-refractivity contribution < 1.29 is 9.90 Å². The summed E-state index contributed by atoms with van der Waals surface area (Å²) in [5, 5.41) is 12.0. The first-order chi connectivity index (χ1) is 10.1. The summed E-state index contributed by atoms with van der Waals surface area (Å²) in [4.78, 5) is 12.7. The van der Waals surface area contributed by atoms with Gasteiger partial charge in [-0.2, -0.15) is 0 Å². The van der Waals surface area contributed by atoms with E-state index in [2.05, 4.69) is 27.7 Å². The summed E-state index contributed by atoms with van der Waals surface area (Å²) in [5.74, 6) is 0.776. The molecule has 3 unspecified atom stereocenters. The number of ketones is 1. The molecule has 0 amide bonds. The number of carbonyl (C=O) groups excluding carboxylic acids is 1. The van der Waals surface area contributed by atoms with Crippen LogP contribution in [0.4, 0.5) is 0 Å². The molecule has 0 aromatic carbocycles. The number of Topliss-reactive ketones (excluding diaryl/α,β-unsaturated/α-hetero) is 1. The van der Waals surface area contributed by atoms with Gasteiger partial charge in [-0.15, -0.1) is 0 Å². The van der Waals surface area contributed by atoms with E-state index in [0.717, 1.165) is 19.3 Å². The van der Waals surface area contributed by atoms with Crippen molar-refractivity contribution in [3.8, 4) is 0 Å². The van der Waals surface area contributed by atoms with Crippen LogP contribution in [-0.4, -0.2) is 16.5 Å². The second kappa shape index (κ2) is 3.82. The molecule has 1 spiro atoms. The molecule has 6 atom stereocenters. The second-order valence-electron chi connectivity index (χ2n) is 10.2. The highest BCUT2D eigenvalue weighted by Gasteiger charge is 2.86. The highest BCUT2D eigenvalue weighted by molar-refractivity contribution is 5.83. The average Bonchev–Trinajstić information content (AvgIpc) is 2.99. The molecule has 1 N–H and O–H groups in total. The minimum absolute atomic E-state index is 0.0218. The van der Waals surface area contributed by atoms with Gasteiger partial charge >= 0.3 is 0 Å². The molecule has 0 radical (unpaired) electrons. The Morgan fingerprint density at radius 1 is 1.09 bits per heavy atom. The third-order valence-electron chi connectivity index (χ3n) is 8.91. The highest BCUT2D eigenvalue weighted by Crippen LogP contribution is 2.88. The van der Waals surface area contributed by atoms with Crippen molar-refractivity contribution in [1.82, 2.24) is 0 Å². The smallest absolute Gasteiger partial charge is 0.138 e. The van der Waals surface area contributed by atoms with Crippen molar-refractivity contribution in [3.63, 3.8) is 0 Å². The van der Waals surface area contributed by atoms with Gasteiger partial charge in [0.1, 0.15) is 5.78 Å². The Labute approximate surface area is 135 Å². The van der Waals surface area contributed by atoms with Gasteiger partial charge < -0.3 is 5.11 Å². The zero-order valence-corrected chi connectivity index (χ0v) is 15.0. The molecular weight excluding hydrogens is 272 g/mol. The van der Waals surface area contributed by atoms with Crippen LogP contribution in [0.2, 0.25) is 0 Å². The van der Waals surface area contributed by atoms with E-state index in [4.69, 9.17) is 0 Å². The predicted octanol–water partition coefficient (Wildman–Crippen LogP) is 4.35. The maximum Gasteiger partial charge on any atom is 0.138 e. The van der Waals surface area contributed by atoms with Gasteiger partial charge in [-0.25, -0.2) is 0 Å². The Balaban J connectivity index is 1.96. The number of hydrogen-bond donors (Lipinski definition) is 1. The first-order valence-corrected chi connectivity index (χ1v) is 9.33. The largest absolute Gasteiger partial charge is 0.389 e. The summed E-state index contributed by atoms with van der Waals surface area (Å²) in [6.45, 7) is 11.6. The van der Waals surface area contributed by atoms with Crippen LogP contribution in [0.15, 0.2) is 0 Å². The van der Waals surface area contributed by atoms with E-state index in [9.17, 15) is 9.90 Å². The van der Waals surface area contributed by atoms with Gasteiger partial charge in [-0.1, -0.05) is 34.6 Å². The van der Waals surface area contributed by atoms with Gasteiger partial charge in [0.25, 0.3) is 0 Å². The molecule has 4 saturated carbocycles. The van der Waals surface area contributed by atoms with E-state index in [0.29, 0.717) is 23.5 Å². The van der Waals surface area contributed by atoms with Gasteiger partial charge in [0.2, 0.25) is 0 Å². The van der Waals surface area contributed by atoms with Crippen LogP contribution in [0.1, 0.15) is 79.6 Å². The van der Waals surface area contributed by atoms with Crippen LogP contribution in [0.3, 0.4) is 0 Å². The lowest BCUT2D eigenvalue weighted by atomic mass is 9.53. The first-order valence-electron chi connectivity index (χ1n) is 9.33. The molecule has 4 rings (SSSR count). The minimum atomic E-state index is -0.738. The molecule has 4 aliphatic carbocycles. The maximum absolute atomic E-state index is 12.7. The second-order valence-corrected chi connectivity index (χ2v) is 10.2. The molecule has 4 fully saturated rings. The molecule has 0 aromatic rings. The lowest BCUT2D eigenvalue weighted by Crippen LogP contribution is -2.55. The predicted molar refractivity (Wildman–Crippen MR) is 87.4 cm³/mol. The van der Waals surface area contributed by atoms with E-state index in [1.54, 1.807) is 0 Å². The van der Waals surface area contributed by atoms with Crippen LogP contribution < -0.4 is 0 Å². The quantitative estimate of drug-likeness (QED) is 0.823. The number of carbonyl (C=O) groups is 1. The van der Waals surface area contributed by atoms with Gasteiger partial charge in [0, 0.05) is 17.8 Å². The zero-order valence-electron chi connectivity index (χ0n) is 15.0. The van der Waals surface area contributed by atoms with Gasteiger partial charge in [-0.3, -0.25) is 4.79 Å². The molecule has 0 heterocycles. The SMILES string of the molecule is CCC(=O)C1C[C@]2(C)CC[C@@H]3C(C)(C)C[C@]4(C)CCC1(O)C324. The first kappa shape index (κ1) is 15.2. The summed E-state index contributed by atoms with van der Waals surface area (Å²) in [6, 6.07) is 0. The van der Waals surface area contributed by atoms with E-state index >= 15 is 0 Å². The Morgan fingerprint density at radius 2 is 1.77 bits per heavy atom. The minimum Gasteiger partial charge on any atom is -0.389 e. The maximum atomic E-state index is 12.7. The molecule has 0 aliphatic heterocycles. The molecule has 4 aliphatic rings. The van der Waals surface area contributed by atoms with Crippen LogP contribution in [0, 0.1) is 33.5 Å². The third-order valence-corrected chi connectivity index (χ3v) is 8.91. The van der Waals surface area contributed by atoms with Crippen molar-refractivity contribution in [2.24, 2.45) is 33.5 Å². The molecule has 0 saturated heterocycles. The van der Waals surface area contributed by atoms with Crippen LogP contribution >= 0.6 is 0 Å². The summed E-state index contributed by atoms with van der Waals surface area (Å²) < 4.78 is 0. The Morgan fingerprint density at radius 3 is 2.41 bits per heavy atom. The lowest BCUT2D eigenvalue weighted by molar-refractivity contribution is -0.153. The molecule has 2 nitrogen and oxygen atoms in total. The fraction of sp³-hybridized carbons (Fsp3) is 0.950. The monoisotopic (exact) mass is 304 g/mol. The fourth-order valence-electron chi connectivity index (χ4n) is 8.95. The summed E-state index contributed by atoms with van der Waals surface area (Å²) in [5.41, 5.74) is -0.0968. The Kier molecular flexibility index (Phi) is 2.63. The van der Waals surface area contributed by atoms with E-state index in [1.807, 2.05) is 6.92 Å². The van der Waals surface area contributed by atoms with Crippen molar-refractivity contribution >= 4 is 5.78 Å². The number of aliphatic hydroxyl groups is 1. The standard InChI is InChI=1S/C20H32O2/c1-6-14(21)13-11-17(4)8-7-15-16(2,3)12-18(5)9-10-19(13,22)20(15,17)18/h13,15,22H,6-12H2,1-5H3/t13?,15-,17+,18+,19?,20?/m1/s1. The summed E-state index contributed by atoms with van der Waals surface area (Å²) >= 11 is 0. The number of hydrogen-bond acceptors (Lipinski definition) is 2. The fourth-order valence-corrected chi connectivity index (χ4v) is 8.95. The molecule has 22 heavy (non-hydrogen) atoms. The summed E-state index contributed by atoms with van der Waals surface area (Å²) in [7, 11) is 0. The normalized spacial score (nSPS) is 57.9. The van der Waals surface area contributed by atoms with Crippen molar-refractivity contribution in [2.75, 3.05) is 0 Å².